The molecule has 4 nitrogen and oxygen atoms in total. The molecule has 0 aliphatic carbocycles. The minimum Gasteiger partial charge on any atom is -0.458 e. The molecule has 104 valence electrons. The lowest BCUT2D eigenvalue weighted by atomic mass is 9.98. The summed E-state index contributed by atoms with van der Waals surface area (Å²) in [5.41, 5.74) is 0.724. The Balaban J connectivity index is 3.05. The number of rotatable bonds is 5. The third kappa shape index (κ3) is 5.12. The summed E-state index contributed by atoms with van der Waals surface area (Å²) in [5, 5.41) is 0. The first kappa shape index (κ1) is 15.2. The van der Waals surface area contributed by atoms with Crippen molar-refractivity contribution in [2.75, 3.05) is 0 Å². The maximum absolute atomic E-state index is 11.2. The molecule has 0 aliphatic rings. The quantitative estimate of drug-likeness (QED) is 0.605. The van der Waals surface area contributed by atoms with Gasteiger partial charge in [0.2, 0.25) is 0 Å². The summed E-state index contributed by atoms with van der Waals surface area (Å²) in [6, 6.07) is 7.13. The molecule has 0 saturated heterocycles. The van der Waals surface area contributed by atoms with Crippen molar-refractivity contribution in [3.05, 3.63) is 29.8 Å². The second-order valence-electron chi connectivity index (χ2n) is 4.86. The van der Waals surface area contributed by atoms with Crippen LogP contribution in [-0.2, 0) is 14.3 Å². The van der Waals surface area contributed by atoms with Gasteiger partial charge in [-0.15, -0.1) is 0 Å². The third-order valence-electron chi connectivity index (χ3n) is 2.51. The Kier molecular flexibility index (Phi) is 5.55. The summed E-state index contributed by atoms with van der Waals surface area (Å²) >= 11 is 0. The molecule has 19 heavy (non-hydrogen) atoms. The van der Waals surface area contributed by atoms with Crippen molar-refractivity contribution in [3.8, 4) is 5.75 Å². The van der Waals surface area contributed by atoms with Crippen LogP contribution in [0.4, 0.5) is 0 Å². The van der Waals surface area contributed by atoms with Gasteiger partial charge in [0.05, 0.1) is 0 Å². The molecule has 1 atom stereocenters. The van der Waals surface area contributed by atoms with Gasteiger partial charge in [0, 0.05) is 19.4 Å². The van der Waals surface area contributed by atoms with Crippen LogP contribution in [0.3, 0.4) is 0 Å². The molecule has 0 aromatic heterocycles. The molecule has 1 rings (SSSR count). The van der Waals surface area contributed by atoms with E-state index in [0.717, 1.165) is 5.56 Å². The van der Waals surface area contributed by atoms with Gasteiger partial charge < -0.3 is 9.47 Å². The molecule has 0 saturated carbocycles. The van der Waals surface area contributed by atoms with Crippen molar-refractivity contribution in [3.63, 3.8) is 0 Å². The fourth-order valence-electron chi connectivity index (χ4n) is 1.86. The monoisotopic (exact) mass is 264 g/mol. The standard InChI is InChI=1S/C15H20O4/c1-10(2)9-15(19-12(4)17)13-7-5-6-8-14(13)18-11(3)16/h5-8,10,15H,9H2,1-4H3/t15-/m0/s1. The highest BCUT2D eigenvalue weighted by Crippen LogP contribution is 2.32. The zero-order chi connectivity index (χ0) is 14.4. The van der Waals surface area contributed by atoms with Crippen LogP contribution in [0.2, 0.25) is 0 Å². The van der Waals surface area contributed by atoms with E-state index in [1.165, 1.54) is 13.8 Å². The second-order valence-corrected chi connectivity index (χ2v) is 4.86. The average molecular weight is 264 g/mol. The predicted octanol–water partition coefficient (Wildman–Crippen LogP) is 3.26. The first-order valence-corrected chi connectivity index (χ1v) is 6.34. The van der Waals surface area contributed by atoms with Crippen LogP contribution >= 0.6 is 0 Å². The Morgan fingerprint density at radius 2 is 1.74 bits per heavy atom. The lowest BCUT2D eigenvalue weighted by Crippen LogP contribution is -2.13. The largest absolute Gasteiger partial charge is 0.458 e. The van der Waals surface area contributed by atoms with Crippen LogP contribution in [-0.4, -0.2) is 11.9 Å². The molecule has 0 spiro atoms. The molecule has 0 aliphatic heterocycles. The van der Waals surface area contributed by atoms with Gasteiger partial charge in [-0.05, 0) is 18.4 Å². The highest BCUT2D eigenvalue weighted by atomic mass is 16.6. The summed E-state index contributed by atoms with van der Waals surface area (Å²) in [6.07, 6.45) is 0.283. The van der Waals surface area contributed by atoms with Crippen LogP contribution in [0, 0.1) is 5.92 Å². The fourth-order valence-corrected chi connectivity index (χ4v) is 1.86. The molecule has 1 aromatic rings. The van der Waals surface area contributed by atoms with Crippen LogP contribution in [0.5, 0.6) is 5.75 Å². The summed E-state index contributed by atoms with van der Waals surface area (Å²) < 4.78 is 10.5. The lowest BCUT2D eigenvalue weighted by molar-refractivity contribution is -0.147. The summed E-state index contributed by atoms with van der Waals surface area (Å²) in [5.74, 6) is 0.0680. The Labute approximate surface area is 113 Å². The molecule has 0 bridgehead atoms. The Bertz CT molecular complexity index is 451. The summed E-state index contributed by atoms with van der Waals surface area (Å²) in [7, 11) is 0. The van der Waals surface area contributed by atoms with Crippen molar-refractivity contribution in [2.24, 2.45) is 5.92 Å². The van der Waals surface area contributed by atoms with E-state index in [-0.39, 0.29) is 5.97 Å². The Hall–Kier alpha value is -1.84. The highest BCUT2D eigenvalue weighted by Gasteiger charge is 2.21. The van der Waals surface area contributed by atoms with Gasteiger partial charge in [-0.3, -0.25) is 9.59 Å². The van der Waals surface area contributed by atoms with Gasteiger partial charge in [0.1, 0.15) is 11.9 Å². The van der Waals surface area contributed by atoms with Crippen LogP contribution < -0.4 is 4.74 Å². The molecule has 0 unspecified atom stereocenters. The molecule has 0 heterocycles. The zero-order valence-corrected chi connectivity index (χ0v) is 11.8. The number of hydrogen-bond donors (Lipinski definition) is 0. The number of benzene rings is 1. The fraction of sp³-hybridized carbons (Fsp3) is 0.467. The maximum atomic E-state index is 11.2. The van der Waals surface area contributed by atoms with Crippen LogP contribution in [0.1, 0.15) is 45.8 Å². The molecule has 0 radical (unpaired) electrons. The number of ether oxygens (including phenoxy) is 2. The van der Waals surface area contributed by atoms with Gasteiger partial charge >= 0.3 is 11.9 Å². The molecule has 4 heteroatoms. The number of carbonyl (C=O) groups excluding carboxylic acids is 2. The SMILES string of the molecule is CC(=O)Oc1ccccc1[C@H](CC(C)C)OC(C)=O. The summed E-state index contributed by atoms with van der Waals surface area (Å²) in [6.45, 7) is 6.82. The molecule has 1 aromatic carbocycles. The minimum absolute atomic E-state index is 0.344. The topological polar surface area (TPSA) is 52.6 Å². The molecule has 0 N–H and O–H groups in total. The maximum Gasteiger partial charge on any atom is 0.308 e. The van der Waals surface area contributed by atoms with E-state index in [1.54, 1.807) is 12.1 Å². The van der Waals surface area contributed by atoms with E-state index in [2.05, 4.69) is 0 Å². The van der Waals surface area contributed by atoms with Crippen LogP contribution in [0.25, 0.3) is 0 Å². The minimum atomic E-state index is -0.395. The first-order chi connectivity index (χ1) is 8.90. The van der Waals surface area contributed by atoms with Gasteiger partial charge in [0.25, 0.3) is 0 Å². The van der Waals surface area contributed by atoms with Crippen molar-refractivity contribution >= 4 is 11.9 Å². The highest BCUT2D eigenvalue weighted by molar-refractivity contribution is 5.70. The normalized spacial score (nSPS) is 12.1. The van der Waals surface area contributed by atoms with Gasteiger partial charge in [0.15, 0.2) is 0 Å². The zero-order valence-electron chi connectivity index (χ0n) is 11.8. The molecule has 0 fully saturated rings. The summed E-state index contributed by atoms with van der Waals surface area (Å²) in [4.78, 5) is 22.3. The molecular weight excluding hydrogens is 244 g/mol. The molecular formula is C15H20O4. The van der Waals surface area contributed by atoms with E-state index in [9.17, 15) is 9.59 Å². The second kappa shape index (κ2) is 6.92. The smallest absolute Gasteiger partial charge is 0.308 e. The number of carbonyl (C=O) groups is 2. The average Bonchev–Trinajstić information content (AvgIpc) is 2.26. The van der Waals surface area contributed by atoms with Crippen molar-refractivity contribution in [2.45, 2.75) is 40.2 Å². The van der Waals surface area contributed by atoms with Gasteiger partial charge in [-0.1, -0.05) is 32.0 Å². The number of para-hydroxylation sites is 1. The van der Waals surface area contributed by atoms with Crippen molar-refractivity contribution in [1.29, 1.82) is 0 Å². The van der Waals surface area contributed by atoms with Gasteiger partial charge in [-0.25, -0.2) is 0 Å². The van der Waals surface area contributed by atoms with Crippen molar-refractivity contribution in [1.82, 2.24) is 0 Å². The van der Waals surface area contributed by atoms with Crippen molar-refractivity contribution < 1.29 is 19.1 Å². The van der Waals surface area contributed by atoms with E-state index in [0.29, 0.717) is 18.1 Å². The Morgan fingerprint density at radius 1 is 1.11 bits per heavy atom. The predicted molar refractivity (Wildman–Crippen MR) is 71.7 cm³/mol. The van der Waals surface area contributed by atoms with E-state index in [4.69, 9.17) is 9.47 Å². The van der Waals surface area contributed by atoms with E-state index < -0.39 is 12.1 Å². The molecule has 0 amide bonds. The lowest BCUT2D eigenvalue weighted by Gasteiger charge is -2.21. The van der Waals surface area contributed by atoms with E-state index in [1.807, 2.05) is 26.0 Å². The third-order valence-corrected chi connectivity index (χ3v) is 2.51. The first-order valence-electron chi connectivity index (χ1n) is 6.34. The van der Waals surface area contributed by atoms with Gasteiger partial charge in [-0.2, -0.15) is 0 Å². The van der Waals surface area contributed by atoms with Crippen LogP contribution in [0.15, 0.2) is 24.3 Å². The number of hydrogen-bond acceptors (Lipinski definition) is 4. The Morgan fingerprint density at radius 3 is 2.26 bits per heavy atom. The van der Waals surface area contributed by atoms with E-state index >= 15 is 0 Å². The number of esters is 2.